The van der Waals surface area contributed by atoms with Crippen molar-refractivity contribution in [3.05, 3.63) is 53.9 Å². The Balaban J connectivity index is 1.71. The highest BCUT2D eigenvalue weighted by molar-refractivity contribution is 5.20. The lowest BCUT2D eigenvalue weighted by Gasteiger charge is -2.42. The second-order valence-electron chi connectivity index (χ2n) is 6.49. The Kier molecular flexibility index (Phi) is 4.11. The fourth-order valence-electron chi connectivity index (χ4n) is 3.11. The van der Waals surface area contributed by atoms with E-state index in [1.807, 2.05) is 0 Å². The zero-order valence-electron chi connectivity index (χ0n) is 13.0. The zero-order valence-corrected chi connectivity index (χ0v) is 13.0. The van der Waals surface area contributed by atoms with Crippen LogP contribution in [0.4, 0.5) is 0 Å². The number of hydrogen-bond donors (Lipinski definition) is 1. The van der Waals surface area contributed by atoms with Gasteiger partial charge in [0.25, 0.3) is 0 Å². The molecule has 2 aromatic rings. The van der Waals surface area contributed by atoms with Gasteiger partial charge in [-0.25, -0.2) is 0 Å². The van der Waals surface area contributed by atoms with Crippen LogP contribution in [0.3, 0.4) is 0 Å². The van der Waals surface area contributed by atoms with Crippen molar-refractivity contribution in [3.63, 3.8) is 0 Å². The smallest absolute Gasteiger partial charge is 0.0631 e. The number of nitrogens with zero attached hydrogens (tertiary/aromatic N) is 2. The molecule has 1 aromatic heterocycles. The fraction of sp³-hybridized carbons (Fsp3) is 0.500. The van der Waals surface area contributed by atoms with Gasteiger partial charge in [0.1, 0.15) is 0 Å². The van der Waals surface area contributed by atoms with Gasteiger partial charge in [0.05, 0.1) is 5.69 Å². The molecule has 1 fully saturated rings. The van der Waals surface area contributed by atoms with Gasteiger partial charge in [-0.05, 0) is 37.8 Å². The largest absolute Gasteiger partial charge is 0.315 e. The minimum Gasteiger partial charge on any atom is -0.315 e. The van der Waals surface area contributed by atoms with E-state index in [-0.39, 0.29) is 0 Å². The predicted molar refractivity (Wildman–Crippen MR) is 86.4 cm³/mol. The topological polar surface area (TPSA) is 29.9 Å². The molecule has 0 saturated carbocycles. The van der Waals surface area contributed by atoms with E-state index in [0.29, 0.717) is 11.5 Å². The van der Waals surface area contributed by atoms with Crippen molar-refractivity contribution < 1.29 is 0 Å². The highest BCUT2D eigenvalue weighted by Gasteiger charge is 2.37. The van der Waals surface area contributed by atoms with Gasteiger partial charge in [-0.15, -0.1) is 0 Å². The van der Waals surface area contributed by atoms with Crippen LogP contribution in [0.1, 0.15) is 37.6 Å². The molecule has 1 aromatic carbocycles. The quantitative estimate of drug-likeness (QED) is 0.882. The van der Waals surface area contributed by atoms with Crippen LogP contribution in [0.5, 0.6) is 0 Å². The van der Waals surface area contributed by atoms with Crippen molar-refractivity contribution in [1.82, 2.24) is 15.1 Å². The second kappa shape index (κ2) is 6.02. The van der Waals surface area contributed by atoms with Gasteiger partial charge >= 0.3 is 0 Å². The van der Waals surface area contributed by atoms with Crippen LogP contribution in [0.25, 0.3) is 0 Å². The summed E-state index contributed by atoms with van der Waals surface area (Å²) in [5, 5.41) is 8.23. The number of aromatic nitrogens is 2. The first kappa shape index (κ1) is 14.3. The minimum absolute atomic E-state index is 0.343. The maximum Gasteiger partial charge on any atom is 0.0631 e. The molecule has 1 aliphatic heterocycles. The van der Waals surface area contributed by atoms with Gasteiger partial charge < -0.3 is 5.32 Å². The predicted octanol–water partition coefficient (Wildman–Crippen LogP) is 3.23. The third kappa shape index (κ3) is 3.18. The Labute approximate surface area is 127 Å². The van der Waals surface area contributed by atoms with E-state index in [9.17, 15) is 0 Å². The number of rotatable bonds is 6. The number of benzene rings is 1. The average molecular weight is 283 g/mol. The first-order valence-electron chi connectivity index (χ1n) is 7.99. The summed E-state index contributed by atoms with van der Waals surface area (Å²) in [6.45, 7) is 6.62. The van der Waals surface area contributed by atoms with Crippen LogP contribution < -0.4 is 5.32 Å². The van der Waals surface area contributed by atoms with Crippen LogP contribution in [0.2, 0.25) is 0 Å². The summed E-state index contributed by atoms with van der Waals surface area (Å²) in [5.41, 5.74) is 3.00. The molecule has 0 aliphatic carbocycles. The zero-order chi connectivity index (χ0) is 14.7. The van der Waals surface area contributed by atoms with Gasteiger partial charge in [0, 0.05) is 30.7 Å². The van der Waals surface area contributed by atoms with Gasteiger partial charge in [0.2, 0.25) is 0 Å². The normalized spacial score (nSPS) is 18.2. The van der Waals surface area contributed by atoms with Crippen molar-refractivity contribution >= 4 is 0 Å². The maximum atomic E-state index is 4.78. The van der Waals surface area contributed by atoms with Gasteiger partial charge in [-0.2, -0.15) is 5.10 Å². The monoisotopic (exact) mass is 283 g/mol. The Hall–Kier alpha value is -1.61. The molecule has 0 spiro atoms. The first-order chi connectivity index (χ1) is 10.2. The van der Waals surface area contributed by atoms with Crippen LogP contribution in [0.15, 0.2) is 42.6 Å². The maximum absolute atomic E-state index is 4.78. The van der Waals surface area contributed by atoms with Gasteiger partial charge in [-0.3, -0.25) is 4.68 Å². The molecule has 1 saturated heterocycles. The Morgan fingerprint density at radius 1 is 1.19 bits per heavy atom. The van der Waals surface area contributed by atoms with E-state index in [1.54, 1.807) is 0 Å². The number of nitrogens with one attached hydrogen (secondary N) is 1. The molecule has 3 heteroatoms. The third-order valence-corrected chi connectivity index (χ3v) is 4.68. The highest BCUT2D eigenvalue weighted by Crippen LogP contribution is 2.31. The molecule has 1 unspecified atom stereocenters. The summed E-state index contributed by atoms with van der Waals surface area (Å²) in [7, 11) is 0. The lowest BCUT2D eigenvalue weighted by Crippen LogP contribution is -2.56. The Morgan fingerprint density at radius 3 is 2.57 bits per heavy atom. The van der Waals surface area contributed by atoms with E-state index in [2.05, 4.69) is 66.4 Å². The Morgan fingerprint density at radius 2 is 1.95 bits per heavy atom. The lowest BCUT2D eigenvalue weighted by atomic mass is 9.73. The summed E-state index contributed by atoms with van der Waals surface area (Å²) in [4.78, 5) is 0. The third-order valence-electron chi connectivity index (χ3n) is 4.68. The van der Waals surface area contributed by atoms with Crippen LogP contribution in [0, 0.1) is 5.41 Å². The summed E-state index contributed by atoms with van der Waals surface area (Å²) in [6.07, 6.45) is 5.46. The molecule has 0 radical (unpaired) electrons. The van der Waals surface area contributed by atoms with Crippen molar-refractivity contribution in [3.8, 4) is 0 Å². The van der Waals surface area contributed by atoms with Gasteiger partial charge in [0.15, 0.2) is 0 Å². The van der Waals surface area contributed by atoms with Crippen LogP contribution >= 0.6 is 0 Å². The molecule has 112 valence electrons. The molecule has 2 heterocycles. The molecule has 1 N–H and O–H groups in total. The summed E-state index contributed by atoms with van der Waals surface area (Å²) < 4.78 is 2.11. The molecule has 1 aliphatic rings. The molecular weight excluding hydrogens is 258 g/mol. The first-order valence-corrected chi connectivity index (χ1v) is 7.99. The molecule has 1 atom stereocenters. The molecule has 3 nitrogen and oxygen atoms in total. The highest BCUT2D eigenvalue weighted by atomic mass is 15.3. The molecule has 0 amide bonds. The molecular formula is C18H25N3. The van der Waals surface area contributed by atoms with E-state index < -0.39 is 0 Å². The molecule has 0 bridgehead atoms. The fourth-order valence-corrected chi connectivity index (χ4v) is 3.11. The van der Waals surface area contributed by atoms with Gasteiger partial charge in [-0.1, -0.05) is 37.3 Å². The second-order valence-corrected chi connectivity index (χ2v) is 6.49. The van der Waals surface area contributed by atoms with E-state index >= 15 is 0 Å². The van der Waals surface area contributed by atoms with Crippen molar-refractivity contribution in [2.24, 2.45) is 5.41 Å². The van der Waals surface area contributed by atoms with Crippen molar-refractivity contribution in [2.45, 2.75) is 39.2 Å². The summed E-state index contributed by atoms with van der Waals surface area (Å²) in [5.74, 6) is 0. The molecule has 3 rings (SSSR count). The van der Waals surface area contributed by atoms with Crippen molar-refractivity contribution in [2.75, 3.05) is 13.1 Å². The molecule has 21 heavy (non-hydrogen) atoms. The standard InChI is InChI=1S/C18H25N3/c1-3-15(2)21-10-9-17(20-21)12-18(13-19-14-18)11-16-7-5-4-6-8-16/h4-10,15,19H,3,11-14H2,1-2H3. The van der Waals surface area contributed by atoms with Crippen LogP contribution in [-0.4, -0.2) is 22.9 Å². The Bertz CT molecular complexity index is 569. The van der Waals surface area contributed by atoms with Crippen molar-refractivity contribution in [1.29, 1.82) is 0 Å². The van der Waals surface area contributed by atoms with E-state index in [0.717, 1.165) is 32.4 Å². The number of hydrogen-bond acceptors (Lipinski definition) is 2. The summed E-state index contributed by atoms with van der Waals surface area (Å²) in [6, 6.07) is 13.5. The minimum atomic E-state index is 0.343. The summed E-state index contributed by atoms with van der Waals surface area (Å²) >= 11 is 0. The average Bonchev–Trinajstić information content (AvgIpc) is 2.93. The van der Waals surface area contributed by atoms with E-state index in [1.165, 1.54) is 11.3 Å². The SMILES string of the molecule is CCC(C)n1ccc(CC2(Cc3ccccc3)CNC2)n1. The van der Waals surface area contributed by atoms with Crippen LogP contribution in [-0.2, 0) is 12.8 Å². The lowest BCUT2D eigenvalue weighted by molar-refractivity contribution is 0.164. The van der Waals surface area contributed by atoms with E-state index in [4.69, 9.17) is 5.10 Å².